The Bertz CT molecular complexity index is 916. The molecule has 0 unspecified atom stereocenters. The van der Waals surface area contributed by atoms with Gasteiger partial charge in [0.25, 0.3) is 15.7 Å². The Morgan fingerprint density at radius 2 is 1.88 bits per heavy atom. The van der Waals surface area contributed by atoms with Crippen LogP contribution in [0.25, 0.3) is 0 Å². The minimum absolute atomic E-state index is 0.272. The molecule has 10 heteroatoms. The van der Waals surface area contributed by atoms with Crippen LogP contribution in [0, 0.1) is 13.7 Å². The van der Waals surface area contributed by atoms with Gasteiger partial charge in [-0.05, 0) is 40.8 Å². The van der Waals surface area contributed by atoms with Gasteiger partial charge in [-0.3, -0.25) is 19.2 Å². The summed E-state index contributed by atoms with van der Waals surface area (Å²) in [6.45, 7) is -0.291. The Morgan fingerprint density at radius 3 is 2.48 bits per heavy atom. The van der Waals surface area contributed by atoms with Gasteiger partial charge in [0.1, 0.15) is 0 Å². The molecule has 0 saturated carbocycles. The number of para-hydroxylation sites is 1. The lowest BCUT2D eigenvalue weighted by Gasteiger charge is -2.25. The number of aliphatic carboxylic acids is 1. The molecule has 0 bridgehead atoms. The minimum Gasteiger partial charge on any atom is -0.481 e. The lowest BCUT2D eigenvalue weighted by atomic mass is 10.3. The van der Waals surface area contributed by atoms with E-state index < -0.39 is 27.3 Å². The van der Waals surface area contributed by atoms with Crippen LogP contribution in [0.4, 0.5) is 11.4 Å². The molecule has 132 valence electrons. The van der Waals surface area contributed by atoms with Crippen molar-refractivity contribution in [2.75, 3.05) is 10.8 Å². The molecular weight excluding hydrogens is 463 g/mol. The molecule has 0 aliphatic carbocycles. The number of carbonyl (C=O) groups is 1. The van der Waals surface area contributed by atoms with Crippen molar-refractivity contribution in [3.63, 3.8) is 0 Å². The van der Waals surface area contributed by atoms with Gasteiger partial charge in [0.05, 0.1) is 21.9 Å². The van der Waals surface area contributed by atoms with Gasteiger partial charge in [0.2, 0.25) is 0 Å². The molecule has 0 radical (unpaired) electrons. The molecule has 0 spiro atoms. The topological polar surface area (TPSA) is 118 Å². The van der Waals surface area contributed by atoms with Crippen molar-refractivity contribution >= 4 is 50.0 Å². The zero-order valence-electron chi connectivity index (χ0n) is 12.7. The zero-order valence-corrected chi connectivity index (χ0v) is 15.7. The first-order chi connectivity index (χ1) is 11.7. The molecule has 1 N–H and O–H groups in total. The highest BCUT2D eigenvalue weighted by Gasteiger charge is 2.28. The number of nitrogens with zero attached hydrogens (tertiary/aromatic N) is 2. The number of carboxylic acid groups (broad SMARTS) is 1. The molecule has 0 heterocycles. The molecule has 0 aliphatic rings. The molecule has 8 nitrogen and oxygen atoms in total. The van der Waals surface area contributed by atoms with Crippen molar-refractivity contribution < 1.29 is 23.2 Å². The maximum absolute atomic E-state index is 13.0. The van der Waals surface area contributed by atoms with Gasteiger partial charge in [0, 0.05) is 22.2 Å². The van der Waals surface area contributed by atoms with Crippen LogP contribution in [0.5, 0.6) is 0 Å². The lowest BCUT2D eigenvalue weighted by Crippen LogP contribution is -2.33. The van der Waals surface area contributed by atoms with E-state index in [9.17, 15) is 23.3 Å². The summed E-state index contributed by atoms with van der Waals surface area (Å²) >= 11 is 1.95. The number of sulfonamides is 1. The van der Waals surface area contributed by atoms with Crippen molar-refractivity contribution in [1.82, 2.24) is 0 Å². The summed E-state index contributed by atoms with van der Waals surface area (Å²) in [6, 6.07) is 11.3. The molecule has 2 aromatic carbocycles. The minimum atomic E-state index is -4.17. The molecule has 2 rings (SSSR count). The Hall–Kier alpha value is -2.21. The van der Waals surface area contributed by atoms with Crippen LogP contribution in [0.2, 0.25) is 0 Å². The third-order valence-electron chi connectivity index (χ3n) is 3.27. The van der Waals surface area contributed by atoms with Crippen molar-refractivity contribution in [2.45, 2.75) is 11.3 Å². The Kier molecular flexibility index (Phi) is 5.95. The molecule has 0 amide bonds. The van der Waals surface area contributed by atoms with Crippen LogP contribution in [-0.4, -0.2) is 31.0 Å². The number of anilines is 1. The second-order valence-corrected chi connectivity index (χ2v) is 7.95. The summed E-state index contributed by atoms with van der Waals surface area (Å²) in [6.07, 6.45) is -0.404. The maximum atomic E-state index is 13.0. The zero-order chi connectivity index (χ0) is 18.6. The maximum Gasteiger partial charge on any atom is 0.305 e. The van der Waals surface area contributed by atoms with E-state index >= 15 is 0 Å². The first kappa shape index (κ1) is 19.1. The highest BCUT2D eigenvalue weighted by Crippen LogP contribution is 2.29. The van der Waals surface area contributed by atoms with Crippen LogP contribution in [-0.2, 0) is 14.8 Å². The van der Waals surface area contributed by atoms with E-state index in [1.165, 1.54) is 18.2 Å². The van der Waals surface area contributed by atoms with Gasteiger partial charge >= 0.3 is 5.97 Å². The van der Waals surface area contributed by atoms with Crippen molar-refractivity contribution in [1.29, 1.82) is 0 Å². The number of halogens is 1. The number of nitro groups is 1. The summed E-state index contributed by atoms with van der Waals surface area (Å²) in [5, 5.41) is 19.8. The van der Waals surface area contributed by atoms with E-state index in [1.807, 2.05) is 22.6 Å². The molecule has 0 atom stereocenters. The number of hydrogen-bond acceptors (Lipinski definition) is 5. The van der Waals surface area contributed by atoms with Crippen molar-refractivity contribution in [3.8, 4) is 0 Å². The molecule has 0 fully saturated rings. The lowest BCUT2D eigenvalue weighted by molar-refractivity contribution is -0.385. The fourth-order valence-corrected chi connectivity index (χ4v) is 4.47. The average molecular weight is 476 g/mol. The number of hydrogen-bond donors (Lipinski definition) is 1. The van der Waals surface area contributed by atoms with Crippen molar-refractivity contribution in [3.05, 3.63) is 62.2 Å². The van der Waals surface area contributed by atoms with E-state index in [4.69, 9.17) is 5.11 Å². The van der Waals surface area contributed by atoms with Gasteiger partial charge < -0.3 is 5.11 Å². The van der Waals surface area contributed by atoms with Gasteiger partial charge in [0.15, 0.2) is 0 Å². The monoisotopic (exact) mass is 476 g/mol. The van der Waals surface area contributed by atoms with Crippen LogP contribution >= 0.6 is 22.6 Å². The summed E-state index contributed by atoms with van der Waals surface area (Å²) in [5.41, 5.74) is -0.0436. The van der Waals surface area contributed by atoms with Crippen LogP contribution < -0.4 is 4.31 Å². The standard InChI is InChI=1S/C15H13IN2O6S/c16-13-6-1-2-7-14(13)17(9-8-15(19)20)25(23,24)12-5-3-4-11(10-12)18(21)22/h1-7,10H,8-9H2,(H,19,20). The van der Waals surface area contributed by atoms with E-state index in [2.05, 4.69) is 0 Å². The SMILES string of the molecule is O=C(O)CCN(c1ccccc1I)S(=O)(=O)c1cccc([N+](=O)[O-])c1. The first-order valence-corrected chi connectivity index (χ1v) is 9.49. The van der Waals surface area contributed by atoms with Crippen LogP contribution in [0.3, 0.4) is 0 Å². The fourth-order valence-electron chi connectivity index (χ4n) is 2.11. The number of carboxylic acids is 1. The quantitative estimate of drug-likeness (QED) is 0.373. The summed E-state index contributed by atoms with van der Waals surface area (Å²) in [5.74, 6) is -1.15. The first-order valence-electron chi connectivity index (χ1n) is 6.97. The number of nitro benzene ring substituents is 1. The molecule has 0 saturated heterocycles. The molecule has 0 aromatic heterocycles. The molecule has 0 aliphatic heterocycles. The predicted octanol–water partition coefficient (Wildman–Crippen LogP) is 2.87. The van der Waals surface area contributed by atoms with E-state index in [0.29, 0.717) is 9.26 Å². The normalized spacial score (nSPS) is 11.1. The van der Waals surface area contributed by atoms with Gasteiger partial charge in [-0.15, -0.1) is 0 Å². The Labute approximate surface area is 157 Å². The average Bonchev–Trinajstić information content (AvgIpc) is 2.56. The number of benzene rings is 2. The Morgan fingerprint density at radius 1 is 1.20 bits per heavy atom. The molecular formula is C15H13IN2O6S. The summed E-state index contributed by atoms with van der Waals surface area (Å²) in [4.78, 5) is 20.9. The van der Waals surface area contributed by atoms with E-state index in [0.717, 1.165) is 10.4 Å². The second-order valence-electron chi connectivity index (χ2n) is 4.93. The predicted molar refractivity (Wildman–Crippen MR) is 99.0 cm³/mol. The van der Waals surface area contributed by atoms with Crippen LogP contribution in [0.1, 0.15) is 6.42 Å². The number of non-ortho nitro benzene ring substituents is 1. The van der Waals surface area contributed by atoms with Gasteiger partial charge in [-0.25, -0.2) is 8.42 Å². The molecule has 2 aromatic rings. The van der Waals surface area contributed by atoms with E-state index in [-0.39, 0.29) is 17.1 Å². The largest absolute Gasteiger partial charge is 0.481 e. The third kappa shape index (κ3) is 4.45. The Balaban J connectivity index is 2.55. The smallest absolute Gasteiger partial charge is 0.305 e. The molecule has 25 heavy (non-hydrogen) atoms. The third-order valence-corrected chi connectivity index (χ3v) is 5.99. The summed E-state index contributed by atoms with van der Waals surface area (Å²) in [7, 11) is -4.17. The second kappa shape index (κ2) is 7.78. The fraction of sp³-hybridized carbons (Fsp3) is 0.133. The van der Waals surface area contributed by atoms with Crippen molar-refractivity contribution in [2.24, 2.45) is 0 Å². The van der Waals surface area contributed by atoms with E-state index in [1.54, 1.807) is 24.3 Å². The highest BCUT2D eigenvalue weighted by atomic mass is 127. The van der Waals surface area contributed by atoms with Crippen LogP contribution in [0.15, 0.2) is 53.4 Å². The summed E-state index contributed by atoms with van der Waals surface area (Å²) < 4.78 is 27.5. The highest BCUT2D eigenvalue weighted by molar-refractivity contribution is 14.1. The van der Waals surface area contributed by atoms with Gasteiger partial charge in [-0.2, -0.15) is 0 Å². The van der Waals surface area contributed by atoms with Gasteiger partial charge in [-0.1, -0.05) is 18.2 Å². The number of rotatable bonds is 7.